The Balaban J connectivity index is 1.66. The zero-order valence-electron chi connectivity index (χ0n) is 15.2. The van der Waals surface area contributed by atoms with E-state index in [0.29, 0.717) is 16.6 Å². The zero-order valence-corrected chi connectivity index (χ0v) is 15.2. The Bertz CT molecular complexity index is 1300. The van der Waals surface area contributed by atoms with Gasteiger partial charge in [-0.05, 0) is 35.9 Å². The molecule has 0 aliphatic carbocycles. The highest BCUT2D eigenvalue weighted by atomic mass is 19.4. The fourth-order valence-corrected chi connectivity index (χ4v) is 3.28. The van der Waals surface area contributed by atoms with Crippen molar-refractivity contribution in [2.75, 3.05) is 0 Å². The van der Waals surface area contributed by atoms with E-state index in [1.54, 1.807) is 25.2 Å². The molecule has 2 heterocycles. The molecule has 0 spiro atoms. The number of rotatable bonds is 3. The molecular weight excluding hydrogens is 385 g/mol. The normalized spacial score (nSPS) is 11.9. The summed E-state index contributed by atoms with van der Waals surface area (Å²) in [6.07, 6.45) is -2.99. The summed E-state index contributed by atoms with van der Waals surface area (Å²) in [5.74, 6) is -0.545. The Labute approximate surface area is 162 Å². The molecule has 6 nitrogen and oxygen atoms in total. The van der Waals surface area contributed by atoms with Crippen molar-refractivity contribution in [2.24, 2.45) is 7.05 Å². The van der Waals surface area contributed by atoms with Crippen LogP contribution in [0.25, 0.3) is 16.6 Å². The predicted molar refractivity (Wildman–Crippen MR) is 101 cm³/mol. The molecule has 0 radical (unpaired) electrons. The van der Waals surface area contributed by atoms with E-state index in [1.165, 1.54) is 39.5 Å². The Hall–Kier alpha value is -3.62. The van der Waals surface area contributed by atoms with Gasteiger partial charge >= 0.3 is 6.18 Å². The molecule has 0 saturated heterocycles. The summed E-state index contributed by atoms with van der Waals surface area (Å²) >= 11 is 0. The Morgan fingerprint density at radius 1 is 1.07 bits per heavy atom. The van der Waals surface area contributed by atoms with Crippen LogP contribution in [0, 0.1) is 0 Å². The van der Waals surface area contributed by atoms with Gasteiger partial charge in [0.2, 0.25) is 0 Å². The first-order valence-corrected chi connectivity index (χ1v) is 8.67. The first-order valence-electron chi connectivity index (χ1n) is 8.67. The van der Waals surface area contributed by atoms with Gasteiger partial charge in [-0.3, -0.25) is 9.59 Å². The van der Waals surface area contributed by atoms with Crippen molar-refractivity contribution in [2.45, 2.75) is 12.7 Å². The molecule has 2 aromatic carbocycles. The molecule has 4 aromatic rings. The molecule has 148 valence electrons. The number of hydrogen-bond donors (Lipinski definition) is 1. The van der Waals surface area contributed by atoms with Gasteiger partial charge in [-0.25, -0.2) is 4.52 Å². The van der Waals surface area contributed by atoms with Crippen LogP contribution in [-0.4, -0.2) is 20.1 Å². The maximum Gasteiger partial charge on any atom is 0.416 e. The summed E-state index contributed by atoms with van der Waals surface area (Å²) in [4.78, 5) is 25.0. The van der Waals surface area contributed by atoms with Crippen molar-refractivity contribution < 1.29 is 18.0 Å². The van der Waals surface area contributed by atoms with Crippen LogP contribution in [0.15, 0.2) is 59.5 Å². The molecule has 0 aliphatic rings. The van der Waals surface area contributed by atoms with Crippen molar-refractivity contribution >= 4 is 22.5 Å². The fourth-order valence-electron chi connectivity index (χ4n) is 3.28. The van der Waals surface area contributed by atoms with E-state index in [1.807, 2.05) is 0 Å². The number of fused-ring (bicyclic) bond motifs is 3. The minimum absolute atomic E-state index is 0.0280. The highest BCUT2D eigenvalue weighted by Crippen LogP contribution is 2.31. The van der Waals surface area contributed by atoms with Crippen molar-refractivity contribution in [3.05, 3.63) is 81.8 Å². The second-order valence-electron chi connectivity index (χ2n) is 6.53. The molecule has 4 rings (SSSR count). The Morgan fingerprint density at radius 3 is 2.59 bits per heavy atom. The smallest absolute Gasteiger partial charge is 0.348 e. The molecule has 0 atom stereocenters. The number of aryl methyl sites for hydroxylation is 1. The molecule has 0 fully saturated rings. The third kappa shape index (κ3) is 3.24. The zero-order chi connectivity index (χ0) is 20.8. The number of carbonyl (C=O) groups excluding carboxylic acids is 1. The maximum atomic E-state index is 13.1. The van der Waals surface area contributed by atoms with E-state index in [-0.39, 0.29) is 23.2 Å². The molecule has 0 bridgehead atoms. The number of alkyl halides is 3. The standard InChI is InChI=1S/C20H15F3N4O2/c1-26-17-10-12(6-7-15(17)27-16(19(26)29)8-9-25-27)18(28)24-11-13-4-2-3-5-14(13)20(21,22)23/h2-10H,11H2,1H3,(H,24,28). The summed E-state index contributed by atoms with van der Waals surface area (Å²) < 4.78 is 42.2. The number of benzene rings is 2. The maximum absolute atomic E-state index is 13.1. The average Bonchev–Trinajstić information content (AvgIpc) is 3.19. The number of nitrogens with one attached hydrogen (secondary N) is 1. The number of nitrogens with zero attached hydrogens (tertiary/aromatic N) is 3. The van der Waals surface area contributed by atoms with Crippen molar-refractivity contribution in [1.29, 1.82) is 0 Å². The van der Waals surface area contributed by atoms with Crippen LogP contribution in [-0.2, 0) is 19.8 Å². The van der Waals surface area contributed by atoms with E-state index in [9.17, 15) is 22.8 Å². The van der Waals surface area contributed by atoms with Gasteiger partial charge in [-0.15, -0.1) is 0 Å². The molecule has 1 amide bonds. The molecule has 0 aliphatic heterocycles. The van der Waals surface area contributed by atoms with Crippen molar-refractivity contribution in [3.8, 4) is 0 Å². The molecule has 0 saturated carbocycles. The van der Waals surface area contributed by atoms with E-state index in [0.717, 1.165) is 6.07 Å². The number of amides is 1. The molecule has 0 unspecified atom stereocenters. The van der Waals surface area contributed by atoms with Gasteiger partial charge < -0.3 is 9.88 Å². The summed E-state index contributed by atoms with van der Waals surface area (Å²) in [7, 11) is 1.58. The molecule has 9 heteroatoms. The van der Waals surface area contributed by atoms with Gasteiger partial charge in [0.25, 0.3) is 11.5 Å². The molecule has 29 heavy (non-hydrogen) atoms. The molecule has 1 N–H and O–H groups in total. The summed E-state index contributed by atoms with van der Waals surface area (Å²) in [5, 5.41) is 6.64. The third-order valence-electron chi connectivity index (χ3n) is 4.76. The van der Waals surface area contributed by atoms with Crippen molar-refractivity contribution in [1.82, 2.24) is 19.5 Å². The van der Waals surface area contributed by atoms with Crippen LogP contribution in [0.2, 0.25) is 0 Å². The van der Waals surface area contributed by atoms with Gasteiger partial charge in [0.15, 0.2) is 0 Å². The minimum Gasteiger partial charge on any atom is -0.348 e. The lowest BCUT2D eigenvalue weighted by Crippen LogP contribution is -2.25. The van der Waals surface area contributed by atoms with Gasteiger partial charge in [-0.2, -0.15) is 18.3 Å². The highest BCUT2D eigenvalue weighted by Gasteiger charge is 2.32. The largest absolute Gasteiger partial charge is 0.416 e. The van der Waals surface area contributed by atoms with Gasteiger partial charge in [0, 0.05) is 19.2 Å². The first-order chi connectivity index (χ1) is 13.8. The quantitative estimate of drug-likeness (QED) is 0.575. The third-order valence-corrected chi connectivity index (χ3v) is 4.76. The number of halogens is 3. The second kappa shape index (κ2) is 6.77. The van der Waals surface area contributed by atoms with E-state index < -0.39 is 17.6 Å². The lowest BCUT2D eigenvalue weighted by molar-refractivity contribution is -0.138. The van der Waals surface area contributed by atoms with E-state index >= 15 is 0 Å². The molecule has 2 aromatic heterocycles. The highest BCUT2D eigenvalue weighted by molar-refractivity contribution is 5.97. The predicted octanol–water partition coefficient (Wildman–Crippen LogP) is 3.14. The lowest BCUT2D eigenvalue weighted by Gasteiger charge is -2.14. The number of aromatic nitrogens is 3. The minimum atomic E-state index is -4.50. The first kappa shape index (κ1) is 18.7. The van der Waals surface area contributed by atoms with Crippen LogP contribution in [0.1, 0.15) is 21.5 Å². The fraction of sp³-hybridized carbons (Fsp3) is 0.150. The summed E-state index contributed by atoms with van der Waals surface area (Å²) in [6, 6.07) is 11.4. The topological polar surface area (TPSA) is 68.4 Å². The summed E-state index contributed by atoms with van der Waals surface area (Å²) in [5.41, 5.74) is 0.652. The SMILES string of the molecule is Cn1c(=O)c2ccnn2c2ccc(C(=O)NCc3ccccc3C(F)(F)F)cc21. The van der Waals surface area contributed by atoms with Crippen LogP contribution in [0.4, 0.5) is 13.2 Å². The van der Waals surface area contributed by atoms with Gasteiger partial charge in [-0.1, -0.05) is 18.2 Å². The van der Waals surface area contributed by atoms with Gasteiger partial charge in [0.1, 0.15) is 5.52 Å². The van der Waals surface area contributed by atoms with Crippen molar-refractivity contribution in [3.63, 3.8) is 0 Å². The number of carbonyl (C=O) groups is 1. The van der Waals surface area contributed by atoms with Crippen LogP contribution < -0.4 is 10.9 Å². The average molecular weight is 400 g/mol. The lowest BCUT2D eigenvalue weighted by atomic mass is 10.1. The van der Waals surface area contributed by atoms with Gasteiger partial charge in [0.05, 0.1) is 22.8 Å². The van der Waals surface area contributed by atoms with Crippen LogP contribution in [0.3, 0.4) is 0 Å². The second-order valence-corrected chi connectivity index (χ2v) is 6.53. The van der Waals surface area contributed by atoms with Crippen LogP contribution in [0.5, 0.6) is 0 Å². The summed E-state index contributed by atoms with van der Waals surface area (Å²) in [6.45, 7) is -0.274. The Morgan fingerprint density at radius 2 is 1.83 bits per heavy atom. The van der Waals surface area contributed by atoms with E-state index in [2.05, 4.69) is 10.4 Å². The molecular formula is C20H15F3N4O2. The number of hydrogen-bond acceptors (Lipinski definition) is 3. The van der Waals surface area contributed by atoms with Crippen LogP contribution >= 0.6 is 0 Å². The van der Waals surface area contributed by atoms with E-state index in [4.69, 9.17) is 0 Å². The monoisotopic (exact) mass is 400 g/mol. The Kier molecular flexibility index (Phi) is 4.37.